The first-order valence-electron chi connectivity index (χ1n) is 19.2. The minimum Gasteiger partial charge on any atom is -0.456 e. The van der Waals surface area contributed by atoms with Crippen molar-refractivity contribution in [1.29, 1.82) is 0 Å². The van der Waals surface area contributed by atoms with Crippen molar-refractivity contribution in [1.82, 2.24) is 9.88 Å². The number of rotatable bonds is 5. The van der Waals surface area contributed by atoms with Gasteiger partial charge in [-0.05, 0) is 65.2 Å². The highest BCUT2D eigenvalue weighted by Crippen LogP contribution is 2.41. The van der Waals surface area contributed by atoms with Crippen molar-refractivity contribution < 1.29 is 8.83 Å². The first kappa shape index (κ1) is 31.6. The summed E-state index contributed by atoms with van der Waals surface area (Å²) in [5.74, 6) is 1.40. The zero-order valence-electron chi connectivity index (χ0n) is 30.6. The van der Waals surface area contributed by atoms with E-state index in [1.54, 1.807) is 0 Å². The van der Waals surface area contributed by atoms with Crippen molar-refractivity contribution in [3.63, 3.8) is 0 Å². The Bertz CT molecular complexity index is 3390. The van der Waals surface area contributed by atoms with Gasteiger partial charge in [-0.1, -0.05) is 127 Å². The number of hydrogen-bond acceptors (Lipinski definition) is 5. The molecule has 0 aliphatic carbocycles. The zero-order chi connectivity index (χ0) is 37.5. The van der Waals surface area contributed by atoms with Crippen LogP contribution >= 0.6 is 0 Å². The number of para-hydroxylation sites is 3. The van der Waals surface area contributed by atoms with Gasteiger partial charge in [0.2, 0.25) is 0 Å². The number of aromatic nitrogens is 1. The molecule has 0 saturated carbocycles. The Morgan fingerprint density at radius 1 is 0.474 bits per heavy atom. The third-order valence-electron chi connectivity index (χ3n) is 11.3. The Balaban J connectivity index is 0.984. The molecule has 4 heterocycles. The molecule has 1 aliphatic rings. The fraction of sp³-hybridized carbons (Fsp3) is 0.0196. The van der Waals surface area contributed by atoms with E-state index in [1.165, 1.54) is 21.8 Å². The zero-order valence-corrected chi connectivity index (χ0v) is 30.6. The van der Waals surface area contributed by atoms with Crippen LogP contribution in [-0.2, 0) is 0 Å². The van der Waals surface area contributed by atoms with Crippen molar-refractivity contribution in [3.8, 4) is 16.8 Å². The quantitative estimate of drug-likeness (QED) is 0.192. The normalized spacial score (nSPS) is 14.5. The molecule has 11 aromatic rings. The predicted octanol–water partition coefficient (Wildman–Crippen LogP) is 12.7. The molecule has 0 fully saturated rings. The highest BCUT2D eigenvalue weighted by Gasteiger charge is 2.24. The van der Waals surface area contributed by atoms with E-state index < -0.39 is 0 Å². The summed E-state index contributed by atoms with van der Waals surface area (Å²) < 4.78 is 15.6. The highest BCUT2D eigenvalue weighted by atomic mass is 16.3. The van der Waals surface area contributed by atoms with Gasteiger partial charge in [0.25, 0.3) is 0 Å². The van der Waals surface area contributed by atoms with E-state index in [2.05, 4.69) is 155 Å². The van der Waals surface area contributed by atoms with Gasteiger partial charge in [0.05, 0.1) is 16.6 Å². The molecular formula is C51H32N4O2. The summed E-state index contributed by atoms with van der Waals surface area (Å²) in [6.45, 7) is 0. The highest BCUT2D eigenvalue weighted by molar-refractivity contribution is 6.20. The maximum atomic E-state index is 6.67. The second-order valence-electron chi connectivity index (χ2n) is 14.6. The van der Waals surface area contributed by atoms with E-state index in [1.807, 2.05) is 36.4 Å². The van der Waals surface area contributed by atoms with Crippen molar-refractivity contribution in [2.45, 2.75) is 6.17 Å². The molecule has 0 amide bonds. The molecule has 6 heteroatoms. The predicted molar refractivity (Wildman–Crippen MR) is 233 cm³/mol. The molecule has 1 atom stereocenters. The minimum atomic E-state index is -0.302. The van der Waals surface area contributed by atoms with Gasteiger partial charge in [-0.15, -0.1) is 0 Å². The summed E-state index contributed by atoms with van der Waals surface area (Å²) in [6, 6.07) is 63.2. The van der Waals surface area contributed by atoms with Gasteiger partial charge in [0.15, 0.2) is 5.84 Å². The van der Waals surface area contributed by atoms with Crippen LogP contribution in [0.5, 0.6) is 0 Å². The molecule has 0 bridgehead atoms. The maximum absolute atomic E-state index is 6.67. The molecule has 1 N–H and O–H groups in total. The van der Waals surface area contributed by atoms with E-state index in [0.717, 1.165) is 83.2 Å². The molecule has 0 saturated heterocycles. The lowest BCUT2D eigenvalue weighted by Gasteiger charge is -2.23. The Labute approximate surface area is 326 Å². The fourth-order valence-corrected chi connectivity index (χ4v) is 8.65. The molecule has 1 aliphatic heterocycles. The van der Waals surface area contributed by atoms with Crippen molar-refractivity contribution in [2.24, 2.45) is 9.98 Å². The van der Waals surface area contributed by atoms with Crippen LogP contribution in [0.4, 0.5) is 0 Å². The third-order valence-corrected chi connectivity index (χ3v) is 11.3. The van der Waals surface area contributed by atoms with E-state index in [0.29, 0.717) is 5.84 Å². The number of benzene rings is 8. The number of aliphatic imine (C=N–C) groups is 2. The van der Waals surface area contributed by atoms with Crippen LogP contribution in [0.2, 0.25) is 0 Å². The molecular weight excluding hydrogens is 701 g/mol. The molecule has 57 heavy (non-hydrogen) atoms. The number of nitrogens with one attached hydrogen (secondary N) is 1. The van der Waals surface area contributed by atoms with Crippen LogP contribution in [0.15, 0.2) is 201 Å². The monoisotopic (exact) mass is 732 g/mol. The average Bonchev–Trinajstić information content (AvgIpc) is 3.96. The molecule has 268 valence electrons. The average molecular weight is 733 g/mol. The van der Waals surface area contributed by atoms with Crippen LogP contribution in [-0.4, -0.2) is 16.2 Å². The summed E-state index contributed by atoms with van der Waals surface area (Å²) >= 11 is 0. The number of fused-ring (bicyclic) bond motifs is 9. The summed E-state index contributed by atoms with van der Waals surface area (Å²) in [7, 11) is 0. The van der Waals surface area contributed by atoms with Gasteiger partial charge in [-0.3, -0.25) is 0 Å². The molecule has 12 rings (SSSR count). The molecule has 0 radical (unpaired) electrons. The Hall–Kier alpha value is -7.70. The van der Waals surface area contributed by atoms with E-state index in [4.69, 9.17) is 18.8 Å². The molecule has 6 nitrogen and oxygen atoms in total. The van der Waals surface area contributed by atoms with E-state index in [9.17, 15) is 0 Å². The number of furan rings is 2. The first-order valence-corrected chi connectivity index (χ1v) is 19.2. The van der Waals surface area contributed by atoms with Gasteiger partial charge >= 0.3 is 0 Å². The molecule has 8 aromatic carbocycles. The molecule has 1 unspecified atom stereocenters. The standard InChI is InChI=1S/C51H32N4O2/c1-3-13-31(14-4-1)49-52-50(32-15-5-2-6-16-32)54-51(53-49)40-21-11-20-38-41-29-33(25-28-44(41)57-48(38)40)35-19-12-24-45-47(35)39-27-26-34(30-46(39)56-45)55-42-22-9-7-17-36(42)37-18-8-10-23-43(37)55/h1-30,49H,(H,52,53,54). The summed E-state index contributed by atoms with van der Waals surface area (Å²) in [6.07, 6.45) is -0.302. The number of amidine groups is 2. The first-order chi connectivity index (χ1) is 28.2. The van der Waals surface area contributed by atoms with Gasteiger partial charge < -0.3 is 18.7 Å². The van der Waals surface area contributed by atoms with Gasteiger partial charge in [-0.2, -0.15) is 0 Å². The smallest absolute Gasteiger partial charge is 0.163 e. The fourth-order valence-electron chi connectivity index (χ4n) is 8.65. The lowest BCUT2D eigenvalue weighted by atomic mass is 9.97. The number of hydrogen-bond donors (Lipinski definition) is 1. The third kappa shape index (κ3) is 4.97. The van der Waals surface area contributed by atoms with Crippen molar-refractivity contribution in [2.75, 3.05) is 0 Å². The Morgan fingerprint density at radius 3 is 1.98 bits per heavy atom. The van der Waals surface area contributed by atoms with Crippen LogP contribution < -0.4 is 5.32 Å². The topological polar surface area (TPSA) is 68.0 Å². The minimum absolute atomic E-state index is 0.302. The van der Waals surface area contributed by atoms with Gasteiger partial charge in [0, 0.05) is 49.6 Å². The second kappa shape index (κ2) is 12.4. The summed E-state index contributed by atoms with van der Waals surface area (Å²) in [5.41, 5.74) is 11.8. The Morgan fingerprint density at radius 2 is 1.18 bits per heavy atom. The van der Waals surface area contributed by atoms with Crippen molar-refractivity contribution >= 4 is 77.4 Å². The summed E-state index contributed by atoms with van der Waals surface area (Å²) in [4.78, 5) is 10.2. The second-order valence-corrected chi connectivity index (χ2v) is 14.6. The van der Waals surface area contributed by atoms with Gasteiger partial charge in [-0.25, -0.2) is 9.98 Å². The van der Waals surface area contributed by atoms with Crippen LogP contribution in [0.3, 0.4) is 0 Å². The molecule has 3 aromatic heterocycles. The van der Waals surface area contributed by atoms with Crippen LogP contribution in [0, 0.1) is 0 Å². The number of nitrogens with zero attached hydrogens (tertiary/aromatic N) is 3. The largest absolute Gasteiger partial charge is 0.456 e. The van der Waals surface area contributed by atoms with E-state index >= 15 is 0 Å². The summed E-state index contributed by atoms with van der Waals surface area (Å²) in [5, 5.41) is 10.2. The lowest BCUT2D eigenvalue weighted by Crippen LogP contribution is -2.33. The van der Waals surface area contributed by atoms with Gasteiger partial charge in [0.1, 0.15) is 34.3 Å². The van der Waals surface area contributed by atoms with E-state index in [-0.39, 0.29) is 6.17 Å². The van der Waals surface area contributed by atoms with Crippen molar-refractivity contribution in [3.05, 3.63) is 199 Å². The maximum Gasteiger partial charge on any atom is 0.163 e. The lowest BCUT2D eigenvalue weighted by molar-refractivity contribution is 0.663. The van der Waals surface area contributed by atoms with Crippen LogP contribution in [0.25, 0.3) is 82.5 Å². The van der Waals surface area contributed by atoms with Crippen LogP contribution in [0.1, 0.15) is 22.9 Å². The molecule has 0 spiro atoms. The Kier molecular flexibility index (Phi) is 6.89. The SMILES string of the molecule is c1ccc(C2=NC(c3cccc4c3oc3ccc(-c5cccc6oc7cc(-n8c9ccccc9c9ccccc98)ccc7c56)cc34)=NC(c3ccccc3)N2)cc1.